The van der Waals surface area contributed by atoms with Gasteiger partial charge in [0.15, 0.2) is 0 Å². The molecule has 0 aliphatic heterocycles. The average molecular weight is 274 g/mol. The molecule has 0 aliphatic rings. The van der Waals surface area contributed by atoms with Crippen molar-refractivity contribution in [2.45, 2.75) is 19.5 Å². The molecule has 0 aromatic carbocycles. The summed E-state index contributed by atoms with van der Waals surface area (Å²) in [4.78, 5) is 12.3. The van der Waals surface area contributed by atoms with Crippen LogP contribution in [0.1, 0.15) is 24.1 Å². The molecule has 1 atom stereocenters. The number of ether oxygens (including phenoxy) is 2. The fourth-order valence-corrected chi connectivity index (χ4v) is 1.89. The lowest BCUT2D eigenvalue weighted by Crippen LogP contribution is -2.19. The molecular weight excluding hydrogens is 256 g/mol. The molecule has 2 aromatic heterocycles. The Balaban J connectivity index is 2.11. The van der Waals surface area contributed by atoms with Crippen LogP contribution in [0.15, 0.2) is 30.9 Å². The second kappa shape index (κ2) is 6.81. The van der Waals surface area contributed by atoms with Gasteiger partial charge < -0.3 is 14.8 Å². The first-order valence-electron chi connectivity index (χ1n) is 6.31. The molecule has 106 valence electrons. The summed E-state index contributed by atoms with van der Waals surface area (Å²) < 4.78 is 10.5. The Morgan fingerprint density at radius 1 is 1.20 bits per heavy atom. The summed E-state index contributed by atoms with van der Waals surface area (Å²) in [5.74, 6) is 1.03. The molecule has 6 heteroatoms. The van der Waals surface area contributed by atoms with Crippen molar-refractivity contribution in [3.05, 3.63) is 42.0 Å². The largest absolute Gasteiger partial charge is 0.481 e. The molecule has 0 aliphatic carbocycles. The van der Waals surface area contributed by atoms with Gasteiger partial charge in [-0.2, -0.15) is 0 Å². The van der Waals surface area contributed by atoms with Gasteiger partial charge in [0, 0.05) is 25.0 Å². The highest BCUT2D eigenvalue weighted by Gasteiger charge is 2.14. The number of rotatable bonds is 6. The van der Waals surface area contributed by atoms with Crippen LogP contribution in [0.4, 0.5) is 0 Å². The predicted octanol–water partition coefficient (Wildman–Crippen LogP) is 1.74. The highest BCUT2D eigenvalue weighted by Crippen LogP contribution is 2.24. The summed E-state index contributed by atoms with van der Waals surface area (Å²) in [6.45, 7) is 2.61. The zero-order valence-corrected chi connectivity index (χ0v) is 11.8. The van der Waals surface area contributed by atoms with Gasteiger partial charge in [0.05, 0.1) is 19.8 Å². The maximum absolute atomic E-state index is 5.24. The third-order valence-corrected chi connectivity index (χ3v) is 3.02. The average Bonchev–Trinajstić information content (AvgIpc) is 2.52. The molecule has 0 fully saturated rings. The smallest absolute Gasteiger partial charge is 0.224 e. The first kappa shape index (κ1) is 14.2. The van der Waals surface area contributed by atoms with E-state index in [0.717, 1.165) is 11.1 Å². The van der Waals surface area contributed by atoms with Crippen LogP contribution in [0.5, 0.6) is 11.8 Å². The van der Waals surface area contributed by atoms with Gasteiger partial charge in [0.2, 0.25) is 11.8 Å². The van der Waals surface area contributed by atoms with Crippen LogP contribution in [0.25, 0.3) is 0 Å². The molecule has 2 aromatic rings. The zero-order valence-electron chi connectivity index (χ0n) is 11.8. The van der Waals surface area contributed by atoms with Gasteiger partial charge in [0.1, 0.15) is 6.33 Å². The summed E-state index contributed by atoms with van der Waals surface area (Å²) in [7, 11) is 3.16. The van der Waals surface area contributed by atoms with E-state index in [9.17, 15) is 0 Å². The Bertz CT molecular complexity index is 526. The van der Waals surface area contributed by atoms with Gasteiger partial charge in [-0.1, -0.05) is 6.07 Å². The topological polar surface area (TPSA) is 69.2 Å². The second-order valence-electron chi connectivity index (χ2n) is 4.26. The standard InChI is InChI=1S/C14H18N4O2/c1-10(11-5-4-6-15-7-11)16-8-12-13(19-2)17-9-18-14(12)20-3/h4-7,9-10,16H,8H2,1-3H3/t10-/m0/s1. The Morgan fingerprint density at radius 3 is 2.45 bits per heavy atom. The molecule has 1 N–H and O–H groups in total. The number of methoxy groups -OCH3 is 2. The molecule has 2 rings (SSSR count). The molecule has 0 radical (unpaired) electrons. The van der Waals surface area contributed by atoms with Crippen LogP contribution in [0, 0.1) is 0 Å². The first-order valence-corrected chi connectivity index (χ1v) is 6.31. The predicted molar refractivity (Wildman–Crippen MR) is 74.6 cm³/mol. The van der Waals surface area contributed by atoms with Crippen LogP contribution in [0.3, 0.4) is 0 Å². The number of nitrogens with one attached hydrogen (secondary N) is 1. The summed E-state index contributed by atoms with van der Waals surface area (Å²) >= 11 is 0. The fraction of sp³-hybridized carbons (Fsp3) is 0.357. The summed E-state index contributed by atoms with van der Waals surface area (Å²) in [6, 6.07) is 4.10. The van der Waals surface area contributed by atoms with Crippen molar-refractivity contribution in [2.24, 2.45) is 0 Å². The monoisotopic (exact) mass is 274 g/mol. The first-order chi connectivity index (χ1) is 9.76. The number of hydrogen-bond donors (Lipinski definition) is 1. The SMILES string of the molecule is COc1ncnc(OC)c1CN[C@@H](C)c1cccnc1. The van der Waals surface area contributed by atoms with Crippen molar-refractivity contribution >= 4 is 0 Å². The second-order valence-corrected chi connectivity index (χ2v) is 4.26. The zero-order chi connectivity index (χ0) is 14.4. The van der Waals surface area contributed by atoms with Gasteiger partial charge in [-0.15, -0.1) is 0 Å². The summed E-state index contributed by atoms with van der Waals surface area (Å²) in [5.41, 5.74) is 1.91. The Hall–Kier alpha value is -2.21. The summed E-state index contributed by atoms with van der Waals surface area (Å²) in [6.07, 6.45) is 5.02. The Labute approximate surface area is 118 Å². The van der Waals surface area contributed by atoms with E-state index in [0.29, 0.717) is 18.3 Å². The highest BCUT2D eigenvalue weighted by molar-refractivity contribution is 5.34. The Kier molecular flexibility index (Phi) is 4.84. The van der Waals surface area contributed by atoms with E-state index >= 15 is 0 Å². The van der Waals surface area contributed by atoms with Crippen LogP contribution in [0.2, 0.25) is 0 Å². The van der Waals surface area contributed by atoms with E-state index < -0.39 is 0 Å². The van der Waals surface area contributed by atoms with Crippen molar-refractivity contribution in [3.8, 4) is 11.8 Å². The molecule has 6 nitrogen and oxygen atoms in total. The number of aromatic nitrogens is 3. The van der Waals surface area contributed by atoms with Gasteiger partial charge in [-0.05, 0) is 18.6 Å². The molecule has 0 amide bonds. The van der Waals surface area contributed by atoms with Crippen molar-refractivity contribution in [1.82, 2.24) is 20.3 Å². The van der Waals surface area contributed by atoms with Crippen molar-refractivity contribution in [2.75, 3.05) is 14.2 Å². The molecule has 0 unspecified atom stereocenters. The van der Waals surface area contributed by atoms with E-state index in [1.165, 1.54) is 6.33 Å². The lowest BCUT2D eigenvalue weighted by atomic mass is 10.1. The van der Waals surface area contributed by atoms with Crippen LogP contribution in [-0.4, -0.2) is 29.2 Å². The van der Waals surface area contributed by atoms with Crippen molar-refractivity contribution in [3.63, 3.8) is 0 Å². The minimum absolute atomic E-state index is 0.151. The molecular formula is C14H18N4O2. The van der Waals surface area contributed by atoms with Crippen LogP contribution < -0.4 is 14.8 Å². The van der Waals surface area contributed by atoms with Gasteiger partial charge in [-0.3, -0.25) is 4.98 Å². The lowest BCUT2D eigenvalue weighted by molar-refractivity contribution is 0.357. The normalized spacial score (nSPS) is 11.9. The van der Waals surface area contributed by atoms with Crippen molar-refractivity contribution in [1.29, 1.82) is 0 Å². The van der Waals surface area contributed by atoms with E-state index in [1.807, 2.05) is 18.3 Å². The van der Waals surface area contributed by atoms with Crippen molar-refractivity contribution < 1.29 is 9.47 Å². The van der Waals surface area contributed by atoms with Gasteiger partial charge >= 0.3 is 0 Å². The quantitative estimate of drug-likeness (QED) is 0.865. The fourth-order valence-electron chi connectivity index (χ4n) is 1.89. The summed E-state index contributed by atoms with van der Waals surface area (Å²) in [5, 5.41) is 3.38. The van der Waals surface area contributed by atoms with Gasteiger partial charge in [-0.25, -0.2) is 9.97 Å². The number of hydrogen-bond acceptors (Lipinski definition) is 6. The lowest BCUT2D eigenvalue weighted by Gasteiger charge is -2.16. The maximum atomic E-state index is 5.24. The molecule has 0 saturated heterocycles. The number of nitrogens with zero attached hydrogens (tertiary/aromatic N) is 3. The van der Waals surface area contributed by atoms with Gasteiger partial charge in [0.25, 0.3) is 0 Å². The third kappa shape index (κ3) is 3.21. The third-order valence-electron chi connectivity index (χ3n) is 3.02. The molecule has 2 heterocycles. The minimum Gasteiger partial charge on any atom is -0.481 e. The van der Waals surface area contributed by atoms with E-state index in [-0.39, 0.29) is 6.04 Å². The van der Waals surface area contributed by atoms with E-state index in [2.05, 4.69) is 27.2 Å². The molecule has 0 spiro atoms. The molecule has 0 saturated carbocycles. The van der Waals surface area contributed by atoms with Crippen LogP contribution in [-0.2, 0) is 6.54 Å². The molecule has 0 bridgehead atoms. The molecule has 20 heavy (non-hydrogen) atoms. The Morgan fingerprint density at radius 2 is 1.90 bits per heavy atom. The minimum atomic E-state index is 0.151. The van der Waals surface area contributed by atoms with Crippen LogP contribution >= 0.6 is 0 Å². The number of pyridine rings is 1. The maximum Gasteiger partial charge on any atom is 0.224 e. The highest BCUT2D eigenvalue weighted by atomic mass is 16.5. The van der Waals surface area contributed by atoms with E-state index in [1.54, 1.807) is 20.4 Å². The van der Waals surface area contributed by atoms with E-state index in [4.69, 9.17) is 9.47 Å².